The highest BCUT2D eigenvalue weighted by atomic mass is 127. The maximum atomic E-state index is 4.31. The highest BCUT2D eigenvalue weighted by molar-refractivity contribution is 14.1. The summed E-state index contributed by atoms with van der Waals surface area (Å²) in [5, 5.41) is 0. The van der Waals surface area contributed by atoms with Crippen LogP contribution in [-0.2, 0) is 0 Å². The monoisotopic (exact) mass is 310 g/mol. The van der Waals surface area contributed by atoms with Crippen LogP contribution in [0.1, 0.15) is 5.56 Å². The molecule has 0 N–H and O–H groups in total. The zero-order valence-electron chi connectivity index (χ0n) is 8.18. The third-order valence-corrected chi connectivity index (χ3v) is 2.91. The first kappa shape index (κ1) is 10.3. The molecular formula is C11H9IN3+. The van der Waals surface area contributed by atoms with E-state index in [0.29, 0.717) is 0 Å². The number of hydrogen-bond acceptors (Lipinski definition) is 2. The summed E-state index contributed by atoms with van der Waals surface area (Å²) >= 11 is 2.28. The Hall–Kier alpha value is -1.26. The minimum absolute atomic E-state index is 0.907. The predicted molar refractivity (Wildman–Crippen MR) is 68.4 cm³/mol. The van der Waals surface area contributed by atoms with Gasteiger partial charge in [-0.15, -0.1) is 0 Å². The number of pyridine rings is 1. The second kappa shape index (κ2) is 4.51. The Morgan fingerprint density at radius 3 is 3.13 bits per heavy atom. The molecule has 0 saturated carbocycles. The molecule has 74 valence electrons. The van der Waals surface area contributed by atoms with E-state index >= 15 is 0 Å². The topological polar surface area (TPSA) is 28.3 Å². The van der Waals surface area contributed by atoms with Crippen LogP contribution >= 0.6 is 22.6 Å². The first-order valence-corrected chi connectivity index (χ1v) is 5.52. The first-order valence-electron chi connectivity index (χ1n) is 4.44. The lowest BCUT2D eigenvalue weighted by Gasteiger charge is -2.00. The van der Waals surface area contributed by atoms with E-state index in [-0.39, 0.29) is 0 Å². The standard InChI is InChI=1S/C11H9IN3/c1-15-6-3-11(14-5-7-15)9-8-13-4-2-10(9)12/h2-6,8H,1H3/q+1. The molecule has 3 nitrogen and oxygen atoms in total. The van der Waals surface area contributed by atoms with Gasteiger partial charge in [0.25, 0.3) is 0 Å². The lowest BCUT2D eigenvalue weighted by molar-refractivity contribution is -0.413. The van der Waals surface area contributed by atoms with Crippen molar-refractivity contribution in [3.8, 4) is 0 Å². The minimum Gasteiger partial charge on any atom is -0.264 e. The molecule has 4 heteroatoms. The fourth-order valence-electron chi connectivity index (χ4n) is 1.18. The first-order chi connectivity index (χ1) is 7.27. The summed E-state index contributed by atoms with van der Waals surface area (Å²) < 4.78 is 2.98. The summed E-state index contributed by atoms with van der Waals surface area (Å²) in [5.41, 5.74) is 1.95. The van der Waals surface area contributed by atoms with Gasteiger partial charge in [0.15, 0.2) is 12.1 Å². The van der Waals surface area contributed by atoms with Crippen LogP contribution in [0.2, 0.25) is 0 Å². The molecule has 1 aliphatic heterocycles. The lowest BCUT2D eigenvalue weighted by atomic mass is 10.2. The van der Waals surface area contributed by atoms with Crippen molar-refractivity contribution in [3.05, 3.63) is 46.1 Å². The van der Waals surface area contributed by atoms with Gasteiger partial charge in [0, 0.05) is 27.6 Å². The van der Waals surface area contributed by atoms with Gasteiger partial charge < -0.3 is 0 Å². The Bertz CT molecular complexity index is 508. The van der Waals surface area contributed by atoms with Crippen molar-refractivity contribution in [2.45, 2.75) is 0 Å². The fraction of sp³-hybridized carbons (Fsp3) is 0.0909. The molecular weight excluding hydrogens is 301 g/mol. The largest absolute Gasteiger partial charge is 0.264 e. The van der Waals surface area contributed by atoms with Gasteiger partial charge >= 0.3 is 0 Å². The normalized spacial score (nSPS) is 14.5. The zero-order chi connectivity index (χ0) is 10.7. The molecule has 0 saturated heterocycles. The molecule has 1 aromatic rings. The maximum absolute atomic E-state index is 4.31. The SMILES string of the molecule is C[N+]1=C=CN=C(c2cnccc2I)C=C1. The third-order valence-electron chi connectivity index (χ3n) is 1.96. The number of aliphatic imine (C=N–C) groups is 1. The molecule has 0 aliphatic carbocycles. The minimum atomic E-state index is 0.907. The van der Waals surface area contributed by atoms with Crippen molar-refractivity contribution < 1.29 is 4.58 Å². The van der Waals surface area contributed by atoms with Gasteiger partial charge in [-0.3, -0.25) is 4.98 Å². The van der Waals surface area contributed by atoms with E-state index in [1.807, 2.05) is 36.2 Å². The molecule has 0 radical (unpaired) electrons. The van der Waals surface area contributed by atoms with Gasteiger partial charge in [-0.05, 0) is 28.7 Å². The summed E-state index contributed by atoms with van der Waals surface area (Å²) in [5.74, 6) is 2.97. The molecule has 15 heavy (non-hydrogen) atoms. The van der Waals surface area contributed by atoms with Crippen molar-refractivity contribution in [1.29, 1.82) is 0 Å². The van der Waals surface area contributed by atoms with Crippen molar-refractivity contribution in [3.63, 3.8) is 0 Å². The maximum Gasteiger partial charge on any atom is 0.193 e. The number of nitrogens with zero attached hydrogens (tertiary/aromatic N) is 3. The molecule has 0 fully saturated rings. The van der Waals surface area contributed by atoms with Gasteiger partial charge in [-0.1, -0.05) is 0 Å². The second-order valence-electron chi connectivity index (χ2n) is 3.05. The highest BCUT2D eigenvalue weighted by Gasteiger charge is 2.06. The van der Waals surface area contributed by atoms with Crippen molar-refractivity contribution in [2.24, 2.45) is 4.99 Å². The van der Waals surface area contributed by atoms with Gasteiger partial charge in [0.2, 0.25) is 0 Å². The summed E-state index contributed by atoms with van der Waals surface area (Å²) in [6.45, 7) is 0. The Balaban J connectivity index is 2.44. The van der Waals surface area contributed by atoms with Crippen LogP contribution in [0.3, 0.4) is 0 Å². The highest BCUT2D eigenvalue weighted by Crippen LogP contribution is 2.12. The molecule has 2 rings (SSSR count). The van der Waals surface area contributed by atoms with Crippen molar-refractivity contribution in [2.75, 3.05) is 7.05 Å². The molecule has 1 aromatic heterocycles. The molecule has 0 unspecified atom stereocenters. The summed E-state index contributed by atoms with van der Waals surface area (Å²) in [6, 6.07) is 1.97. The van der Waals surface area contributed by atoms with Gasteiger partial charge in [0.1, 0.15) is 13.2 Å². The molecule has 0 bridgehead atoms. The van der Waals surface area contributed by atoms with E-state index in [4.69, 9.17) is 0 Å². The number of aromatic nitrogens is 1. The molecule has 0 atom stereocenters. The molecule has 2 heterocycles. The Morgan fingerprint density at radius 2 is 2.33 bits per heavy atom. The molecule has 0 aromatic carbocycles. The van der Waals surface area contributed by atoms with Crippen LogP contribution in [-0.4, -0.2) is 28.2 Å². The van der Waals surface area contributed by atoms with E-state index in [1.165, 1.54) is 0 Å². The van der Waals surface area contributed by atoms with E-state index in [2.05, 4.69) is 38.4 Å². The molecule has 1 aliphatic rings. The average molecular weight is 310 g/mol. The van der Waals surface area contributed by atoms with E-state index < -0.39 is 0 Å². The van der Waals surface area contributed by atoms with Crippen LogP contribution in [0.15, 0.2) is 41.9 Å². The summed E-state index contributed by atoms with van der Waals surface area (Å²) in [6.07, 6.45) is 9.14. The van der Waals surface area contributed by atoms with Gasteiger partial charge in [0.05, 0.1) is 5.71 Å². The fourth-order valence-corrected chi connectivity index (χ4v) is 1.76. The van der Waals surface area contributed by atoms with Crippen LogP contribution in [0.5, 0.6) is 0 Å². The van der Waals surface area contributed by atoms with Crippen molar-refractivity contribution in [1.82, 2.24) is 4.98 Å². The number of hydrogen-bond donors (Lipinski definition) is 0. The number of allylic oxidation sites excluding steroid dienone is 1. The van der Waals surface area contributed by atoms with Gasteiger partial charge in [-0.2, -0.15) is 4.58 Å². The quantitative estimate of drug-likeness (QED) is 0.574. The summed E-state index contributed by atoms with van der Waals surface area (Å²) in [4.78, 5) is 8.41. The Labute approximate surface area is 102 Å². The van der Waals surface area contributed by atoms with Crippen molar-refractivity contribution >= 4 is 34.2 Å². The van der Waals surface area contributed by atoms with E-state index in [1.54, 1.807) is 12.4 Å². The van der Waals surface area contributed by atoms with Crippen LogP contribution in [0.4, 0.5) is 0 Å². The second-order valence-corrected chi connectivity index (χ2v) is 4.22. The smallest absolute Gasteiger partial charge is 0.193 e. The lowest BCUT2D eigenvalue weighted by Crippen LogP contribution is -2.00. The molecule has 0 amide bonds. The number of halogens is 1. The van der Waals surface area contributed by atoms with Crippen LogP contribution < -0.4 is 0 Å². The predicted octanol–water partition coefficient (Wildman–Crippen LogP) is 1.83. The Morgan fingerprint density at radius 1 is 1.47 bits per heavy atom. The third kappa shape index (κ3) is 2.40. The zero-order valence-corrected chi connectivity index (χ0v) is 10.3. The van der Waals surface area contributed by atoms with Crippen LogP contribution in [0, 0.1) is 3.57 Å². The van der Waals surface area contributed by atoms with Gasteiger partial charge in [-0.25, -0.2) is 4.99 Å². The van der Waals surface area contributed by atoms with E-state index in [0.717, 1.165) is 14.8 Å². The number of rotatable bonds is 1. The Kier molecular flexibility index (Phi) is 3.08. The van der Waals surface area contributed by atoms with Crippen LogP contribution in [0.25, 0.3) is 0 Å². The average Bonchev–Trinajstić information content (AvgIpc) is 2.44. The summed E-state index contributed by atoms with van der Waals surface area (Å²) in [7, 11) is 1.92. The molecule has 0 spiro atoms. The van der Waals surface area contributed by atoms with E-state index in [9.17, 15) is 0 Å².